The quantitative estimate of drug-likeness (QED) is 0.520. The summed E-state index contributed by atoms with van der Waals surface area (Å²) in [6, 6.07) is 10.9. The number of hydrogen-bond acceptors (Lipinski definition) is 5. The van der Waals surface area contributed by atoms with Gasteiger partial charge in [-0.15, -0.1) is 0 Å². The monoisotopic (exact) mass is 393 g/mol. The van der Waals surface area contributed by atoms with Crippen LogP contribution in [0.1, 0.15) is 5.56 Å². The lowest BCUT2D eigenvalue weighted by molar-refractivity contribution is 1.17. The van der Waals surface area contributed by atoms with Crippen LogP contribution in [0.5, 0.6) is 0 Å². The Bertz CT molecular complexity index is 930. The second kappa shape index (κ2) is 7.35. The number of anilines is 5. The zero-order valence-electron chi connectivity index (χ0n) is 13.1. The molecule has 1 heterocycles. The molecule has 0 aliphatic carbocycles. The third-order valence-electron chi connectivity index (χ3n) is 3.52. The maximum atomic E-state index is 6.19. The summed E-state index contributed by atoms with van der Waals surface area (Å²) < 4.78 is 0. The zero-order chi connectivity index (χ0) is 18.0. The van der Waals surface area contributed by atoms with Gasteiger partial charge in [0.15, 0.2) is 11.6 Å². The topological polar surface area (TPSA) is 75.9 Å². The molecular formula is C17H14Cl3N5. The van der Waals surface area contributed by atoms with Crippen LogP contribution in [0.4, 0.5) is 28.7 Å². The van der Waals surface area contributed by atoms with Crippen LogP contribution in [0.15, 0.2) is 42.7 Å². The molecule has 8 heteroatoms. The van der Waals surface area contributed by atoms with Gasteiger partial charge < -0.3 is 16.4 Å². The minimum atomic E-state index is 0.343. The van der Waals surface area contributed by atoms with Crippen LogP contribution in [0, 0.1) is 6.92 Å². The zero-order valence-corrected chi connectivity index (χ0v) is 15.4. The van der Waals surface area contributed by atoms with Crippen molar-refractivity contribution >= 4 is 63.5 Å². The lowest BCUT2D eigenvalue weighted by Gasteiger charge is -2.14. The summed E-state index contributed by atoms with van der Waals surface area (Å²) in [5, 5.41) is 7.68. The van der Waals surface area contributed by atoms with Gasteiger partial charge in [0.25, 0.3) is 0 Å². The van der Waals surface area contributed by atoms with E-state index in [1.807, 2.05) is 19.1 Å². The molecule has 0 aliphatic heterocycles. The number of aryl methyl sites for hydroxylation is 1. The standard InChI is InChI=1S/C17H14Cl3N5/c1-9-5-6-10(7-12(9)19)24-16-15(21)17(23-8-22-16)25-13-4-2-3-11(18)14(13)20/h2-8H,21H2,1H3,(H2,22,23,24,25). The predicted octanol–water partition coefficient (Wildman–Crippen LogP) is 5.81. The Kier molecular flexibility index (Phi) is 5.18. The number of nitrogen functional groups attached to an aromatic ring is 1. The van der Waals surface area contributed by atoms with Crippen molar-refractivity contribution in [2.75, 3.05) is 16.4 Å². The van der Waals surface area contributed by atoms with E-state index in [1.54, 1.807) is 24.3 Å². The van der Waals surface area contributed by atoms with E-state index < -0.39 is 0 Å². The summed E-state index contributed by atoms with van der Waals surface area (Å²) in [7, 11) is 0. The third-order valence-corrected chi connectivity index (χ3v) is 4.75. The number of nitrogens with two attached hydrogens (primary N) is 1. The highest BCUT2D eigenvalue weighted by Gasteiger charge is 2.11. The molecule has 0 atom stereocenters. The molecule has 0 bridgehead atoms. The first-order chi connectivity index (χ1) is 12.0. The number of nitrogens with zero attached hydrogens (tertiary/aromatic N) is 2. The third kappa shape index (κ3) is 3.90. The van der Waals surface area contributed by atoms with Gasteiger partial charge in [-0.25, -0.2) is 9.97 Å². The molecule has 1 aromatic heterocycles. The molecule has 4 N–H and O–H groups in total. The number of benzene rings is 2. The molecular weight excluding hydrogens is 381 g/mol. The van der Waals surface area contributed by atoms with Gasteiger partial charge in [0.2, 0.25) is 0 Å². The number of halogens is 3. The molecule has 0 radical (unpaired) electrons. The minimum Gasteiger partial charge on any atom is -0.393 e. The first-order valence-corrected chi connectivity index (χ1v) is 8.44. The highest BCUT2D eigenvalue weighted by molar-refractivity contribution is 6.43. The highest BCUT2D eigenvalue weighted by Crippen LogP contribution is 2.34. The summed E-state index contributed by atoms with van der Waals surface area (Å²) in [5.74, 6) is 0.871. The lowest BCUT2D eigenvalue weighted by Crippen LogP contribution is -2.05. The van der Waals surface area contributed by atoms with Gasteiger partial charge in [-0.05, 0) is 36.8 Å². The van der Waals surface area contributed by atoms with Gasteiger partial charge in [0, 0.05) is 10.7 Å². The van der Waals surface area contributed by atoms with E-state index in [4.69, 9.17) is 40.5 Å². The summed E-state index contributed by atoms with van der Waals surface area (Å²) in [5.41, 5.74) is 8.88. The number of aromatic nitrogens is 2. The highest BCUT2D eigenvalue weighted by atomic mass is 35.5. The summed E-state index contributed by atoms with van der Waals surface area (Å²) >= 11 is 18.4. The molecule has 0 saturated heterocycles. The van der Waals surface area contributed by atoms with Crippen LogP contribution in [0.3, 0.4) is 0 Å². The van der Waals surface area contributed by atoms with E-state index in [0.29, 0.717) is 38.1 Å². The Morgan fingerprint density at radius 2 is 1.64 bits per heavy atom. The van der Waals surface area contributed by atoms with Crippen LogP contribution < -0.4 is 16.4 Å². The van der Waals surface area contributed by atoms with Crippen molar-refractivity contribution in [3.05, 3.63) is 63.4 Å². The lowest BCUT2D eigenvalue weighted by atomic mass is 10.2. The second-order valence-electron chi connectivity index (χ2n) is 5.30. The van der Waals surface area contributed by atoms with Crippen molar-refractivity contribution in [2.24, 2.45) is 0 Å². The summed E-state index contributed by atoms with van der Waals surface area (Å²) in [6.07, 6.45) is 1.40. The van der Waals surface area contributed by atoms with E-state index in [2.05, 4.69) is 20.6 Å². The van der Waals surface area contributed by atoms with Crippen molar-refractivity contribution < 1.29 is 0 Å². The van der Waals surface area contributed by atoms with Crippen molar-refractivity contribution in [1.29, 1.82) is 0 Å². The molecule has 0 aliphatic rings. The van der Waals surface area contributed by atoms with E-state index in [0.717, 1.165) is 11.3 Å². The molecule has 0 amide bonds. The molecule has 0 unspecified atom stereocenters. The van der Waals surface area contributed by atoms with Gasteiger partial charge in [0.1, 0.15) is 12.0 Å². The molecule has 3 rings (SSSR count). The van der Waals surface area contributed by atoms with Crippen molar-refractivity contribution in [1.82, 2.24) is 9.97 Å². The molecule has 5 nitrogen and oxygen atoms in total. The number of nitrogens with one attached hydrogen (secondary N) is 2. The van der Waals surface area contributed by atoms with Crippen molar-refractivity contribution in [3.8, 4) is 0 Å². The van der Waals surface area contributed by atoms with Crippen LogP contribution >= 0.6 is 34.8 Å². The second-order valence-corrected chi connectivity index (χ2v) is 6.49. The summed E-state index contributed by atoms with van der Waals surface area (Å²) in [4.78, 5) is 8.34. The number of rotatable bonds is 4. The maximum absolute atomic E-state index is 6.19. The van der Waals surface area contributed by atoms with Crippen LogP contribution in [0.25, 0.3) is 0 Å². The van der Waals surface area contributed by atoms with Gasteiger partial charge in [-0.2, -0.15) is 0 Å². The Morgan fingerprint density at radius 1 is 0.920 bits per heavy atom. The van der Waals surface area contributed by atoms with Crippen LogP contribution in [-0.2, 0) is 0 Å². The van der Waals surface area contributed by atoms with Gasteiger partial charge >= 0.3 is 0 Å². The minimum absolute atomic E-state index is 0.343. The Hall–Kier alpha value is -2.21. The molecule has 128 valence electrons. The van der Waals surface area contributed by atoms with Gasteiger partial charge in [0.05, 0.1) is 15.7 Å². The van der Waals surface area contributed by atoms with E-state index >= 15 is 0 Å². The van der Waals surface area contributed by atoms with Crippen LogP contribution in [0.2, 0.25) is 15.1 Å². The van der Waals surface area contributed by atoms with Crippen molar-refractivity contribution in [2.45, 2.75) is 6.92 Å². The fourth-order valence-corrected chi connectivity index (χ4v) is 2.66. The average molecular weight is 395 g/mol. The Balaban J connectivity index is 1.89. The molecule has 3 aromatic rings. The van der Waals surface area contributed by atoms with Gasteiger partial charge in [-0.3, -0.25) is 0 Å². The maximum Gasteiger partial charge on any atom is 0.159 e. The molecule has 0 spiro atoms. The SMILES string of the molecule is Cc1ccc(Nc2ncnc(Nc3cccc(Cl)c3Cl)c2N)cc1Cl. The Labute approximate surface area is 160 Å². The number of hydrogen-bond donors (Lipinski definition) is 3. The van der Waals surface area contributed by atoms with Crippen molar-refractivity contribution in [3.63, 3.8) is 0 Å². The first kappa shape index (κ1) is 17.6. The Morgan fingerprint density at radius 3 is 2.36 bits per heavy atom. The molecule has 2 aromatic carbocycles. The molecule has 0 saturated carbocycles. The first-order valence-electron chi connectivity index (χ1n) is 7.30. The fraction of sp³-hybridized carbons (Fsp3) is 0.0588. The normalized spacial score (nSPS) is 10.6. The molecule has 25 heavy (non-hydrogen) atoms. The largest absolute Gasteiger partial charge is 0.393 e. The van der Waals surface area contributed by atoms with E-state index in [1.165, 1.54) is 6.33 Å². The van der Waals surface area contributed by atoms with E-state index in [-0.39, 0.29) is 0 Å². The van der Waals surface area contributed by atoms with Gasteiger partial charge in [-0.1, -0.05) is 46.9 Å². The summed E-state index contributed by atoms with van der Waals surface area (Å²) in [6.45, 7) is 1.93. The predicted molar refractivity (Wildman–Crippen MR) is 106 cm³/mol. The molecule has 0 fully saturated rings. The van der Waals surface area contributed by atoms with Crippen LogP contribution in [-0.4, -0.2) is 9.97 Å². The average Bonchev–Trinajstić information content (AvgIpc) is 2.59. The smallest absolute Gasteiger partial charge is 0.159 e. The fourth-order valence-electron chi connectivity index (χ4n) is 2.13. The van der Waals surface area contributed by atoms with E-state index in [9.17, 15) is 0 Å².